The van der Waals surface area contributed by atoms with Crippen LogP contribution in [0.15, 0.2) is 46.4 Å². The van der Waals surface area contributed by atoms with Crippen LogP contribution in [0.4, 0.5) is 5.69 Å². The fourth-order valence-corrected chi connectivity index (χ4v) is 4.05. The molecule has 0 bridgehead atoms. The number of rotatable bonds is 6. The molecule has 3 rings (SSSR count). The topological polar surface area (TPSA) is 115 Å². The minimum Gasteiger partial charge on any atom is -0.379 e. The fraction of sp³-hybridized carbons (Fsp3) is 0.333. The van der Waals surface area contributed by atoms with E-state index in [4.69, 9.17) is 45.1 Å². The van der Waals surface area contributed by atoms with Crippen molar-refractivity contribution in [2.24, 2.45) is 27.2 Å². The van der Waals surface area contributed by atoms with Crippen molar-refractivity contribution in [3.05, 3.63) is 52.0 Å². The van der Waals surface area contributed by atoms with Gasteiger partial charge in [0.15, 0.2) is 5.96 Å². The molecule has 1 aliphatic heterocycles. The van der Waals surface area contributed by atoms with Crippen LogP contribution in [0.3, 0.4) is 0 Å². The van der Waals surface area contributed by atoms with Gasteiger partial charge in [-0.25, -0.2) is 4.99 Å². The van der Waals surface area contributed by atoms with Crippen molar-refractivity contribution in [1.82, 2.24) is 4.90 Å². The summed E-state index contributed by atoms with van der Waals surface area (Å²) in [5.41, 5.74) is 19.7. The first-order chi connectivity index (χ1) is 14.4. The van der Waals surface area contributed by atoms with E-state index in [1.165, 1.54) is 5.56 Å². The quantitative estimate of drug-likeness (QED) is 0.463. The zero-order valence-corrected chi connectivity index (χ0v) is 18.2. The minimum atomic E-state index is -0.171. The molecule has 7 nitrogen and oxygen atoms in total. The molecule has 1 heterocycles. The van der Waals surface area contributed by atoms with Gasteiger partial charge in [0.2, 0.25) is 5.96 Å². The van der Waals surface area contributed by atoms with Gasteiger partial charge in [0.25, 0.3) is 0 Å². The molecule has 1 aliphatic rings. The molecule has 0 radical (unpaired) electrons. The Bertz CT molecular complexity index is 897. The number of hydrogen-bond donors (Lipinski definition) is 3. The van der Waals surface area contributed by atoms with Crippen molar-refractivity contribution < 1.29 is 4.74 Å². The van der Waals surface area contributed by atoms with E-state index in [0.717, 1.165) is 56.8 Å². The van der Waals surface area contributed by atoms with Crippen LogP contribution in [-0.4, -0.2) is 49.7 Å². The normalized spacial score (nSPS) is 15.2. The monoisotopic (exact) mass is 448 g/mol. The molecule has 9 heteroatoms. The smallest absolute Gasteiger partial charge is 0.223 e. The van der Waals surface area contributed by atoms with Crippen LogP contribution in [0, 0.1) is 0 Å². The third-order valence-electron chi connectivity index (χ3n) is 4.80. The molecule has 160 valence electrons. The Morgan fingerprint density at radius 3 is 2.23 bits per heavy atom. The Morgan fingerprint density at radius 1 is 1.00 bits per heavy atom. The van der Waals surface area contributed by atoms with E-state index < -0.39 is 0 Å². The van der Waals surface area contributed by atoms with E-state index in [1.807, 2.05) is 12.1 Å². The Hall–Kier alpha value is -2.32. The predicted octanol–water partition coefficient (Wildman–Crippen LogP) is 3.14. The lowest BCUT2D eigenvalue weighted by atomic mass is 10.0. The summed E-state index contributed by atoms with van der Waals surface area (Å²) < 4.78 is 5.39. The number of hydrogen-bond acceptors (Lipinski definition) is 3. The highest BCUT2D eigenvalue weighted by molar-refractivity contribution is 6.39. The molecule has 0 aromatic heterocycles. The summed E-state index contributed by atoms with van der Waals surface area (Å²) in [6.07, 6.45) is 2.14. The number of nitrogens with two attached hydrogens (primary N) is 3. The van der Waals surface area contributed by atoms with E-state index in [2.05, 4.69) is 27.0 Å². The van der Waals surface area contributed by atoms with Crippen LogP contribution in [0.1, 0.15) is 12.0 Å². The minimum absolute atomic E-state index is 0.0729. The first-order valence-corrected chi connectivity index (χ1v) is 10.5. The maximum absolute atomic E-state index is 6.47. The number of aliphatic imine (C=N–C) groups is 2. The van der Waals surface area contributed by atoms with Crippen molar-refractivity contribution in [3.63, 3.8) is 0 Å². The molecule has 1 fully saturated rings. The van der Waals surface area contributed by atoms with Gasteiger partial charge in [-0.15, -0.1) is 0 Å². The Labute approximate surface area is 186 Å². The van der Waals surface area contributed by atoms with E-state index in [9.17, 15) is 0 Å². The number of halogens is 2. The molecule has 6 N–H and O–H groups in total. The molecule has 2 aromatic rings. The van der Waals surface area contributed by atoms with E-state index in [-0.39, 0.29) is 11.9 Å². The first kappa shape index (κ1) is 22.4. The second kappa shape index (κ2) is 10.6. The lowest BCUT2D eigenvalue weighted by Gasteiger charge is -2.26. The second-order valence-electron chi connectivity index (χ2n) is 7.05. The van der Waals surface area contributed by atoms with Gasteiger partial charge in [-0.2, -0.15) is 4.99 Å². The molecule has 1 saturated heterocycles. The van der Waals surface area contributed by atoms with Crippen molar-refractivity contribution in [1.29, 1.82) is 0 Å². The van der Waals surface area contributed by atoms with Crippen LogP contribution in [0.2, 0.25) is 10.0 Å². The number of aryl methyl sites for hydroxylation is 1. The Balaban J connectivity index is 1.67. The summed E-state index contributed by atoms with van der Waals surface area (Å²) >= 11 is 12.9. The van der Waals surface area contributed by atoms with Crippen LogP contribution in [-0.2, 0) is 11.2 Å². The van der Waals surface area contributed by atoms with Crippen molar-refractivity contribution >= 4 is 40.8 Å². The van der Waals surface area contributed by atoms with Gasteiger partial charge < -0.3 is 21.9 Å². The van der Waals surface area contributed by atoms with Crippen LogP contribution < -0.4 is 17.2 Å². The third kappa shape index (κ3) is 6.34. The summed E-state index contributed by atoms with van der Waals surface area (Å²) in [6, 6.07) is 11.7. The largest absolute Gasteiger partial charge is 0.379 e. The lowest BCUT2D eigenvalue weighted by Crippen LogP contribution is -2.36. The van der Waals surface area contributed by atoms with E-state index in [0.29, 0.717) is 15.7 Å². The number of benzene rings is 2. The number of ether oxygens (including phenoxy) is 1. The van der Waals surface area contributed by atoms with E-state index >= 15 is 0 Å². The number of morpholine rings is 1. The molecule has 2 aromatic carbocycles. The molecule has 0 aliphatic carbocycles. The summed E-state index contributed by atoms with van der Waals surface area (Å²) in [6.45, 7) is 4.80. The fourth-order valence-electron chi connectivity index (χ4n) is 3.36. The van der Waals surface area contributed by atoms with Gasteiger partial charge in [-0.05, 0) is 42.6 Å². The zero-order valence-electron chi connectivity index (χ0n) is 16.7. The van der Waals surface area contributed by atoms with Crippen LogP contribution in [0.25, 0.3) is 11.1 Å². The molecule has 0 spiro atoms. The maximum Gasteiger partial charge on any atom is 0.223 e. The highest BCUT2D eigenvalue weighted by Gasteiger charge is 2.12. The maximum atomic E-state index is 6.47. The Morgan fingerprint density at radius 2 is 1.63 bits per heavy atom. The first-order valence-electron chi connectivity index (χ1n) is 9.74. The lowest BCUT2D eigenvalue weighted by molar-refractivity contribution is 0.0375. The number of nitrogens with zero attached hydrogens (tertiary/aromatic N) is 3. The molecular weight excluding hydrogens is 423 g/mol. The van der Waals surface area contributed by atoms with Crippen LogP contribution >= 0.6 is 23.2 Å². The predicted molar refractivity (Wildman–Crippen MR) is 125 cm³/mol. The van der Waals surface area contributed by atoms with E-state index in [1.54, 1.807) is 12.1 Å². The van der Waals surface area contributed by atoms with Crippen molar-refractivity contribution in [2.45, 2.75) is 12.8 Å². The average Bonchev–Trinajstić information content (AvgIpc) is 2.69. The summed E-state index contributed by atoms with van der Waals surface area (Å²) in [5, 5.41) is 0.942. The summed E-state index contributed by atoms with van der Waals surface area (Å²) in [4.78, 5) is 10.2. The SMILES string of the molecule is NC(N)=NC(N)=Nc1cc(Cl)c(-c2ccc(CCCN3CCOCC3)cc2)c(Cl)c1. The second-order valence-corrected chi connectivity index (χ2v) is 7.86. The van der Waals surface area contributed by atoms with Gasteiger partial charge in [0.05, 0.1) is 28.9 Å². The molecule has 0 saturated carbocycles. The van der Waals surface area contributed by atoms with Gasteiger partial charge in [-0.3, -0.25) is 4.90 Å². The van der Waals surface area contributed by atoms with Crippen molar-refractivity contribution in [2.75, 3.05) is 32.8 Å². The summed E-state index contributed by atoms with van der Waals surface area (Å²) in [7, 11) is 0. The van der Waals surface area contributed by atoms with Crippen LogP contribution in [0.5, 0.6) is 0 Å². The van der Waals surface area contributed by atoms with Gasteiger partial charge in [0.1, 0.15) is 0 Å². The zero-order chi connectivity index (χ0) is 21.5. The van der Waals surface area contributed by atoms with Crippen molar-refractivity contribution in [3.8, 4) is 11.1 Å². The van der Waals surface area contributed by atoms with Gasteiger partial charge in [-0.1, -0.05) is 47.5 Å². The molecule has 0 amide bonds. The average molecular weight is 449 g/mol. The molecular formula is C21H26Cl2N6O. The number of guanidine groups is 2. The Kier molecular flexibility index (Phi) is 7.93. The highest BCUT2D eigenvalue weighted by Crippen LogP contribution is 2.38. The molecule has 0 atom stereocenters. The molecule has 30 heavy (non-hydrogen) atoms. The standard InChI is InChI=1S/C21H26Cl2N6O/c22-17-12-16(27-21(26)28-20(24)25)13-18(23)19(17)15-5-3-14(4-6-15)2-1-7-29-8-10-30-11-9-29/h3-6,12-13H,1-2,7-11H2,(H6,24,25,26,27,28). The third-order valence-corrected chi connectivity index (χ3v) is 5.40. The highest BCUT2D eigenvalue weighted by atomic mass is 35.5. The van der Waals surface area contributed by atoms with Gasteiger partial charge >= 0.3 is 0 Å². The summed E-state index contributed by atoms with van der Waals surface area (Å²) in [5.74, 6) is -0.244. The van der Waals surface area contributed by atoms with Gasteiger partial charge in [0, 0.05) is 18.7 Å². The molecule has 0 unspecified atom stereocenters.